The molecule has 0 aromatic heterocycles. The van der Waals surface area contributed by atoms with Gasteiger partial charge in [0.05, 0.1) is 8.07 Å². The average Bonchev–Trinajstić information content (AvgIpc) is 1.92. The molecular formula is C10H18OSi. The fourth-order valence-corrected chi connectivity index (χ4v) is 4.32. The summed E-state index contributed by atoms with van der Waals surface area (Å²) in [5.41, 5.74) is 0.554. The number of Topliss-reactive ketones (excluding diaryl/α,β-unsaturated/α-hetero) is 1. The summed E-state index contributed by atoms with van der Waals surface area (Å²) < 4.78 is 0. The Labute approximate surface area is 75.9 Å². The summed E-state index contributed by atoms with van der Waals surface area (Å²) in [5.74, 6) is 0.687. The number of allylic oxidation sites excluding steroid dienone is 2. The molecule has 2 atom stereocenters. The van der Waals surface area contributed by atoms with Crippen LogP contribution in [0.4, 0.5) is 0 Å². The Bertz CT molecular complexity index is 212. The lowest BCUT2D eigenvalue weighted by Crippen LogP contribution is -2.35. The SMILES string of the molecule is C[C@H]1C(=O)CC=C[C@H]1[Si](C)(C)C. The molecule has 0 N–H and O–H groups in total. The third-order valence-corrected chi connectivity index (χ3v) is 5.40. The molecule has 0 fully saturated rings. The smallest absolute Gasteiger partial charge is 0.139 e. The summed E-state index contributed by atoms with van der Waals surface area (Å²) >= 11 is 0. The van der Waals surface area contributed by atoms with Gasteiger partial charge in [-0.3, -0.25) is 4.79 Å². The van der Waals surface area contributed by atoms with Crippen LogP contribution in [0, 0.1) is 5.92 Å². The minimum atomic E-state index is -1.17. The van der Waals surface area contributed by atoms with Gasteiger partial charge in [0.25, 0.3) is 0 Å². The maximum Gasteiger partial charge on any atom is 0.139 e. The largest absolute Gasteiger partial charge is 0.299 e. The van der Waals surface area contributed by atoms with Crippen molar-refractivity contribution >= 4 is 13.9 Å². The zero-order valence-electron chi connectivity index (χ0n) is 8.42. The molecule has 0 spiro atoms. The van der Waals surface area contributed by atoms with E-state index in [1.54, 1.807) is 0 Å². The van der Waals surface area contributed by atoms with Gasteiger partial charge in [-0.15, -0.1) is 0 Å². The minimum Gasteiger partial charge on any atom is -0.299 e. The van der Waals surface area contributed by atoms with Gasteiger partial charge in [0.15, 0.2) is 0 Å². The van der Waals surface area contributed by atoms with E-state index in [0.717, 1.165) is 0 Å². The van der Waals surface area contributed by atoms with Crippen LogP contribution in [0.1, 0.15) is 13.3 Å². The molecule has 0 aliphatic heterocycles. The van der Waals surface area contributed by atoms with Crippen LogP contribution in [-0.4, -0.2) is 13.9 Å². The average molecular weight is 182 g/mol. The van der Waals surface area contributed by atoms with Gasteiger partial charge in [-0.25, -0.2) is 0 Å². The molecule has 68 valence electrons. The summed E-state index contributed by atoms with van der Waals surface area (Å²) in [4.78, 5) is 11.4. The van der Waals surface area contributed by atoms with Crippen molar-refractivity contribution in [1.82, 2.24) is 0 Å². The summed E-state index contributed by atoms with van der Waals surface area (Å²) in [5, 5.41) is 0. The highest BCUT2D eigenvalue weighted by molar-refractivity contribution is 6.78. The van der Waals surface area contributed by atoms with E-state index in [2.05, 4.69) is 32.6 Å². The first-order valence-corrected chi connectivity index (χ1v) is 8.20. The molecule has 0 saturated carbocycles. The Morgan fingerprint density at radius 2 is 2.00 bits per heavy atom. The number of ketones is 1. The van der Waals surface area contributed by atoms with Crippen molar-refractivity contribution in [2.24, 2.45) is 5.92 Å². The van der Waals surface area contributed by atoms with Crippen molar-refractivity contribution in [3.8, 4) is 0 Å². The van der Waals surface area contributed by atoms with Crippen molar-refractivity contribution in [2.45, 2.75) is 38.5 Å². The first-order chi connectivity index (χ1) is 5.43. The number of carbonyl (C=O) groups is 1. The predicted octanol–water partition coefficient (Wildman–Crippen LogP) is 2.86. The Morgan fingerprint density at radius 3 is 2.42 bits per heavy atom. The molecule has 0 heterocycles. The van der Waals surface area contributed by atoms with Crippen molar-refractivity contribution in [3.05, 3.63) is 12.2 Å². The van der Waals surface area contributed by atoms with E-state index in [-0.39, 0.29) is 5.92 Å². The molecule has 0 aromatic carbocycles. The number of carbonyl (C=O) groups excluding carboxylic acids is 1. The first kappa shape index (κ1) is 9.71. The predicted molar refractivity (Wildman–Crippen MR) is 55.0 cm³/mol. The summed E-state index contributed by atoms with van der Waals surface area (Å²) in [6.45, 7) is 9.07. The van der Waals surface area contributed by atoms with Crippen LogP contribution < -0.4 is 0 Å². The second-order valence-electron chi connectivity index (χ2n) is 4.78. The fraction of sp³-hybridized carbons (Fsp3) is 0.700. The van der Waals surface area contributed by atoms with Crippen molar-refractivity contribution in [1.29, 1.82) is 0 Å². The van der Waals surface area contributed by atoms with Gasteiger partial charge in [0.2, 0.25) is 0 Å². The highest BCUT2D eigenvalue weighted by atomic mass is 28.3. The number of rotatable bonds is 1. The lowest BCUT2D eigenvalue weighted by Gasteiger charge is -2.32. The van der Waals surface area contributed by atoms with Crippen LogP contribution in [0.5, 0.6) is 0 Å². The Hall–Kier alpha value is -0.373. The van der Waals surface area contributed by atoms with Crippen LogP contribution in [0.3, 0.4) is 0 Å². The van der Waals surface area contributed by atoms with Gasteiger partial charge in [0, 0.05) is 12.3 Å². The molecule has 1 aliphatic carbocycles. The lowest BCUT2D eigenvalue weighted by atomic mass is 9.94. The third-order valence-electron chi connectivity index (χ3n) is 2.71. The van der Waals surface area contributed by atoms with Crippen LogP contribution in [0.15, 0.2) is 12.2 Å². The molecular weight excluding hydrogens is 164 g/mol. The van der Waals surface area contributed by atoms with Gasteiger partial charge < -0.3 is 0 Å². The topological polar surface area (TPSA) is 17.1 Å². The van der Waals surface area contributed by atoms with Gasteiger partial charge >= 0.3 is 0 Å². The lowest BCUT2D eigenvalue weighted by molar-refractivity contribution is -0.121. The van der Waals surface area contributed by atoms with Crippen LogP contribution in [-0.2, 0) is 4.79 Å². The van der Waals surface area contributed by atoms with Gasteiger partial charge in [-0.1, -0.05) is 38.7 Å². The van der Waals surface area contributed by atoms with Gasteiger partial charge in [0.1, 0.15) is 5.78 Å². The molecule has 0 bridgehead atoms. The Morgan fingerprint density at radius 1 is 1.42 bits per heavy atom. The standard InChI is InChI=1S/C10H18OSi/c1-8-9(11)6-5-7-10(8)12(2,3)4/h5,7-8,10H,6H2,1-4H3/t8-,10+/m0/s1. The minimum absolute atomic E-state index is 0.265. The zero-order valence-corrected chi connectivity index (χ0v) is 9.42. The van der Waals surface area contributed by atoms with Crippen molar-refractivity contribution < 1.29 is 4.79 Å². The molecule has 0 aromatic rings. The molecule has 1 aliphatic rings. The summed E-state index contributed by atoms with van der Waals surface area (Å²) in [6, 6.07) is 0. The van der Waals surface area contributed by atoms with E-state index in [1.807, 2.05) is 6.08 Å². The quantitative estimate of drug-likeness (QED) is 0.450. The molecule has 0 radical (unpaired) electrons. The van der Waals surface area contributed by atoms with E-state index < -0.39 is 8.07 Å². The first-order valence-electron chi connectivity index (χ1n) is 4.62. The summed E-state index contributed by atoms with van der Waals surface area (Å²) in [6.07, 6.45) is 4.96. The van der Waals surface area contributed by atoms with E-state index in [1.165, 1.54) is 0 Å². The zero-order chi connectivity index (χ0) is 9.35. The van der Waals surface area contributed by atoms with Crippen LogP contribution >= 0.6 is 0 Å². The second-order valence-corrected chi connectivity index (χ2v) is 10.2. The van der Waals surface area contributed by atoms with Crippen molar-refractivity contribution in [2.75, 3.05) is 0 Å². The monoisotopic (exact) mass is 182 g/mol. The summed E-state index contributed by atoms with van der Waals surface area (Å²) in [7, 11) is -1.17. The third kappa shape index (κ3) is 1.86. The van der Waals surface area contributed by atoms with E-state index in [0.29, 0.717) is 17.7 Å². The molecule has 0 saturated heterocycles. The van der Waals surface area contributed by atoms with E-state index in [9.17, 15) is 4.79 Å². The van der Waals surface area contributed by atoms with Crippen LogP contribution in [0.2, 0.25) is 25.2 Å². The van der Waals surface area contributed by atoms with E-state index in [4.69, 9.17) is 0 Å². The van der Waals surface area contributed by atoms with Gasteiger partial charge in [-0.2, -0.15) is 0 Å². The van der Waals surface area contributed by atoms with Crippen molar-refractivity contribution in [3.63, 3.8) is 0 Å². The highest BCUT2D eigenvalue weighted by Gasteiger charge is 2.34. The Balaban J connectivity index is 2.84. The maximum absolute atomic E-state index is 11.4. The molecule has 0 amide bonds. The number of hydrogen-bond acceptors (Lipinski definition) is 1. The molecule has 1 rings (SSSR count). The normalized spacial score (nSPS) is 30.8. The number of hydrogen-bond donors (Lipinski definition) is 0. The van der Waals surface area contributed by atoms with Gasteiger partial charge in [-0.05, 0) is 5.54 Å². The highest BCUT2D eigenvalue weighted by Crippen LogP contribution is 2.35. The van der Waals surface area contributed by atoms with Crippen LogP contribution in [0.25, 0.3) is 0 Å². The fourth-order valence-electron chi connectivity index (χ4n) is 1.92. The maximum atomic E-state index is 11.4. The molecule has 12 heavy (non-hydrogen) atoms. The molecule has 0 unspecified atom stereocenters. The van der Waals surface area contributed by atoms with E-state index >= 15 is 0 Å². The molecule has 1 nitrogen and oxygen atoms in total. The molecule has 2 heteroatoms. The second kappa shape index (κ2) is 3.17. The Kier molecular flexibility index (Phi) is 2.57.